The van der Waals surface area contributed by atoms with Crippen molar-refractivity contribution < 1.29 is 4.79 Å². The van der Waals surface area contributed by atoms with E-state index in [1.54, 1.807) is 0 Å². The summed E-state index contributed by atoms with van der Waals surface area (Å²) in [5, 5.41) is 6.40. The minimum Gasteiger partial charge on any atom is -0.326 e. The topological polar surface area (TPSA) is 41.1 Å². The number of piperidine rings is 1. The first-order valence-electron chi connectivity index (χ1n) is 7.23. The van der Waals surface area contributed by atoms with E-state index in [9.17, 15) is 4.79 Å². The molecule has 1 saturated heterocycles. The van der Waals surface area contributed by atoms with Crippen molar-refractivity contribution in [3.05, 3.63) is 29.8 Å². The predicted molar refractivity (Wildman–Crippen MR) is 86.4 cm³/mol. The molecule has 0 aliphatic carbocycles. The third kappa shape index (κ3) is 4.80. The Morgan fingerprint density at radius 1 is 1.35 bits per heavy atom. The number of hydrogen-bond acceptors (Lipinski definition) is 2. The molecular formula is C16H25ClN2O. The number of anilines is 1. The first-order valence-corrected chi connectivity index (χ1v) is 7.23. The summed E-state index contributed by atoms with van der Waals surface area (Å²) in [5.41, 5.74) is 2.05. The van der Waals surface area contributed by atoms with Gasteiger partial charge in [-0.15, -0.1) is 12.4 Å². The molecule has 1 aromatic carbocycles. The van der Waals surface area contributed by atoms with Crippen LogP contribution in [0.25, 0.3) is 0 Å². The van der Waals surface area contributed by atoms with E-state index in [1.807, 2.05) is 31.2 Å². The molecule has 1 fully saturated rings. The van der Waals surface area contributed by atoms with E-state index in [0.717, 1.165) is 24.3 Å². The Morgan fingerprint density at radius 2 is 2.00 bits per heavy atom. The van der Waals surface area contributed by atoms with Gasteiger partial charge in [0.2, 0.25) is 5.91 Å². The second-order valence-electron chi connectivity index (χ2n) is 5.63. The fraction of sp³-hybridized carbons (Fsp3) is 0.562. The maximum absolute atomic E-state index is 12.1. The maximum Gasteiger partial charge on any atom is 0.224 e. The van der Waals surface area contributed by atoms with Crippen LogP contribution in [0.2, 0.25) is 0 Å². The highest BCUT2D eigenvalue weighted by atomic mass is 35.5. The van der Waals surface area contributed by atoms with Crippen molar-refractivity contribution in [2.45, 2.75) is 33.1 Å². The second-order valence-corrected chi connectivity index (χ2v) is 5.63. The van der Waals surface area contributed by atoms with Crippen LogP contribution in [-0.2, 0) is 4.79 Å². The van der Waals surface area contributed by atoms with Crippen LogP contribution in [0.4, 0.5) is 5.69 Å². The van der Waals surface area contributed by atoms with Gasteiger partial charge in [-0.2, -0.15) is 0 Å². The molecule has 1 aliphatic rings. The first kappa shape index (κ1) is 17.0. The van der Waals surface area contributed by atoms with E-state index in [2.05, 4.69) is 17.6 Å². The van der Waals surface area contributed by atoms with Crippen LogP contribution in [0.3, 0.4) is 0 Å². The Labute approximate surface area is 127 Å². The number of nitrogens with one attached hydrogen (secondary N) is 2. The average molecular weight is 297 g/mol. The lowest BCUT2D eigenvalue weighted by Gasteiger charge is -2.27. The van der Waals surface area contributed by atoms with Crippen molar-refractivity contribution in [2.75, 3.05) is 18.4 Å². The Kier molecular flexibility index (Phi) is 7.03. The molecule has 1 heterocycles. The zero-order chi connectivity index (χ0) is 13.7. The van der Waals surface area contributed by atoms with E-state index < -0.39 is 0 Å². The lowest BCUT2D eigenvalue weighted by molar-refractivity contribution is -0.117. The number of carbonyl (C=O) groups excluding carboxylic acids is 1. The fourth-order valence-corrected chi connectivity index (χ4v) is 2.79. The molecule has 4 heteroatoms. The molecule has 0 bridgehead atoms. The molecule has 20 heavy (non-hydrogen) atoms. The summed E-state index contributed by atoms with van der Waals surface area (Å²) < 4.78 is 0. The molecule has 1 aromatic rings. The van der Waals surface area contributed by atoms with Crippen LogP contribution >= 0.6 is 12.4 Å². The standard InChI is InChI=1S/C16H24N2O.ClH/c1-12-5-3-4-6-15(12)18-16(19)11-13(2)14-7-9-17-10-8-14;/h3-6,13-14,17H,7-11H2,1-2H3,(H,18,19);1H. The number of hydrogen-bond donors (Lipinski definition) is 2. The summed E-state index contributed by atoms with van der Waals surface area (Å²) in [7, 11) is 0. The van der Waals surface area contributed by atoms with Crippen molar-refractivity contribution in [2.24, 2.45) is 11.8 Å². The molecule has 3 nitrogen and oxygen atoms in total. The minimum atomic E-state index is 0. The minimum absolute atomic E-state index is 0. The lowest BCUT2D eigenvalue weighted by Crippen LogP contribution is -2.32. The molecule has 0 radical (unpaired) electrons. The van der Waals surface area contributed by atoms with Gasteiger partial charge in [-0.25, -0.2) is 0 Å². The van der Waals surface area contributed by atoms with Crippen molar-refractivity contribution in [3.8, 4) is 0 Å². The van der Waals surface area contributed by atoms with Gasteiger partial charge in [-0.1, -0.05) is 25.1 Å². The van der Waals surface area contributed by atoms with E-state index in [0.29, 0.717) is 18.3 Å². The maximum atomic E-state index is 12.1. The molecule has 1 atom stereocenters. The fourth-order valence-electron chi connectivity index (χ4n) is 2.79. The monoisotopic (exact) mass is 296 g/mol. The Balaban J connectivity index is 0.00000200. The highest BCUT2D eigenvalue weighted by Gasteiger charge is 2.22. The van der Waals surface area contributed by atoms with Crippen LogP contribution in [0, 0.1) is 18.8 Å². The number of benzene rings is 1. The number of carbonyl (C=O) groups is 1. The van der Waals surface area contributed by atoms with E-state index >= 15 is 0 Å². The van der Waals surface area contributed by atoms with Crippen LogP contribution in [0.1, 0.15) is 31.7 Å². The Bertz CT molecular complexity index is 430. The van der Waals surface area contributed by atoms with Gasteiger partial charge in [-0.05, 0) is 56.3 Å². The van der Waals surface area contributed by atoms with Gasteiger partial charge in [0.25, 0.3) is 0 Å². The predicted octanol–water partition coefficient (Wildman–Crippen LogP) is 3.38. The second kappa shape index (κ2) is 8.28. The van der Waals surface area contributed by atoms with Crippen LogP contribution in [0.5, 0.6) is 0 Å². The molecule has 1 aliphatic heterocycles. The summed E-state index contributed by atoms with van der Waals surface area (Å²) in [6.07, 6.45) is 3.01. The Morgan fingerprint density at radius 3 is 2.65 bits per heavy atom. The van der Waals surface area contributed by atoms with Crippen molar-refractivity contribution in [1.82, 2.24) is 5.32 Å². The van der Waals surface area contributed by atoms with Crippen LogP contribution in [0.15, 0.2) is 24.3 Å². The first-order chi connectivity index (χ1) is 9.16. The molecular weight excluding hydrogens is 272 g/mol. The van der Waals surface area contributed by atoms with Crippen molar-refractivity contribution in [1.29, 1.82) is 0 Å². The summed E-state index contributed by atoms with van der Waals surface area (Å²) in [6.45, 7) is 6.40. The van der Waals surface area contributed by atoms with E-state index in [1.165, 1.54) is 12.8 Å². The number of amides is 1. The van der Waals surface area contributed by atoms with Crippen molar-refractivity contribution >= 4 is 24.0 Å². The molecule has 2 N–H and O–H groups in total. The molecule has 0 aromatic heterocycles. The molecule has 1 amide bonds. The summed E-state index contributed by atoms with van der Waals surface area (Å²) >= 11 is 0. The van der Waals surface area contributed by atoms with Crippen LogP contribution < -0.4 is 10.6 Å². The van der Waals surface area contributed by atoms with Gasteiger partial charge >= 0.3 is 0 Å². The number of rotatable bonds is 4. The molecule has 112 valence electrons. The molecule has 2 rings (SSSR count). The lowest BCUT2D eigenvalue weighted by atomic mass is 9.84. The zero-order valence-corrected chi connectivity index (χ0v) is 13.1. The molecule has 0 spiro atoms. The number of para-hydroxylation sites is 1. The van der Waals surface area contributed by atoms with Gasteiger partial charge in [0.05, 0.1) is 0 Å². The third-order valence-corrected chi connectivity index (χ3v) is 4.12. The number of halogens is 1. The molecule has 0 saturated carbocycles. The quantitative estimate of drug-likeness (QED) is 0.894. The summed E-state index contributed by atoms with van der Waals surface area (Å²) in [4.78, 5) is 12.1. The van der Waals surface area contributed by atoms with E-state index in [4.69, 9.17) is 0 Å². The number of aryl methyl sites for hydroxylation is 1. The highest BCUT2D eigenvalue weighted by molar-refractivity contribution is 5.91. The normalized spacial score (nSPS) is 17.1. The van der Waals surface area contributed by atoms with E-state index in [-0.39, 0.29) is 18.3 Å². The van der Waals surface area contributed by atoms with Gasteiger partial charge in [0.15, 0.2) is 0 Å². The smallest absolute Gasteiger partial charge is 0.224 e. The van der Waals surface area contributed by atoms with Crippen LogP contribution in [-0.4, -0.2) is 19.0 Å². The largest absolute Gasteiger partial charge is 0.326 e. The van der Waals surface area contributed by atoms with Gasteiger partial charge in [-0.3, -0.25) is 4.79 Å². The molecule has 1 unspecified atom stereocenters. The van der Waals surface area contributed by atoms with Gasteiger partial charge < -0.3 is 10.6 Å². The van der Waals surface area contributed by atoms with Gasteiger partial charge in [0.1, 0.15) is 0 Å². The Hall–Kier alpha value is -1.06. The zero-order valence-electron chi connectivity index (χ0n) is 12.3. The third-order valence-electron chi connectivity index (χ3n) is 4.12. The average Bonchev–Trinajstić information content (AvgIpc) is 2.42. The summed E-state index contributed by atoms with van der Waals surface area (Å²) in [5.74, 6) is 1.29. The highest BCUT2D eigenvalue weighted by Crippen LogP contribution is 2.25. The summed E-state index contributed by atoms with van der Waals surface area (Å²) in [6, 6.07) is 7.93. The SMILES string of the molecule is Cc1ccccc1NC(=O)CC(C)C1CCNCC1.Cl. The van der Waals surface area contributed by atoms with Crippen molar-refractivity contribution in [3.63, 3.8) is 0 Å². The van der Waals surface area contributed by atoms with Gasteiger partial charge in [0, 0.05) is 12.1 Å².